The second-order valence-corrected chi connectivity index (χ2v) is 8.38. The molecule has 13 heteroatoms. The Bertz CT molecular complexity index is 1150. The van der Waals surface area contributed by atoms with Gasteiger partial charge in [-0.05, 0) is 0 Å². The fourth-order valence-electron chi connectivity index (χ4n) is 3.41. The predicted octanol–water partition coefficient (Wildman–Crippen LogP) is 5.17. The number of nitrogens with one attached hydrogen (secondary N) is 4. The summed E-state index contributed by atoms with van der Waals surface area (Å²) in [6, 6.07) is 36.1. The fourth-order valence-corrected chi connectivity index (χ4v) is 3.41. The third-order valence-electron chi connectivity index (χ3n) is 5.47. The van der Waals surface area contributed by atoms with Gasteiger partial charge >= 0.3 is 21.9 Å². The van der Waals surface area contributed by atoms with Crippen LogP contribution in [0.15, 0.2) is 121 Å². The average molecular weight is 632 g/mol. The number of carboxylic acid groups (broad SMARTS) is 2. The number of rotatable bonds is 6. The number of benzene rings is 4. The Morgan fingerprint density at radius 3 is 0.744 bits per heavy atom. The number of carbonyl (C=O) groups is 2. The van der Waals surface area contributed by atoms with Crippen LogP contribution >= 0.6 is 0 Å². The molecule has 4 unspecified atom stereocenters. The molecule has 4 aromatic rings. The molecule has 4 atom stereocenters. The van der Waals surface area contributed by atoms with E-state index < -0.39 is 41.2 Å². The number of carboxylic acids is 2. The van der Waals surface area contributed by atoms with E-state index in [1.165, 1.54) is 0 Å². The van der Waals surface area contributed by atoms with Gasteiger partial charge < -0.3 is 42.7 Å². The van der Waals surface area contributed by atoms with Crippen LogP contribution in [0.3, 0.4) is 0 Å². The Balaban J connectivity index is 0.000000618. The Morgan fingerprint density at radius 1 is 0.488 bits per heavy atom. The first-order valence-corrected chi connectivity index (χ1v) is 12.3. The van der Waals surface area contributed by atoms with Crippen molar-refractivity contribution in [3.8, 4) is 0 Å². The SMILES string of the molecule is O=C([O-])C(=O)[O-].O=[N+](O)O.[Co+3].[NH-]C(c1ccccc1)C([NH-])c1ccccc1.[NH-]C(c1ccccc1)C([NH-])c1ccccc1. The first-order valence-electron chi connectivity index (χ1n) is 12.3. The molecule has 0 fully saturated rings. The minimum Gasteiger partial charge on any atom is -0.672 e. The molecule has 12 nitrogen and oxygen atoms in total. The predicted molar refractivity (Wildman–Crippen MR) is 151 cm³/mol. The first-order chi connectivity index (χ1) is 20.0. The molecular weight excluding hydrogens is 601 g/mol. The Kier molecular flexibility index (Phi) is 18.8. The van der Waals surface area contributed by atoms with E-state index in [4.69, 9.17) is 58.1 Å². The van der Waals surface area contributed by atoms with E-state index in [0.717, 1.165) is 22.3 Å². The Hall–Kier alpha value is -4.63. The summed E-state index contributed by atoms with van der Waals surface area (Å²) in [4.78, 5) is 26.3. The van der Waals surface area contributed by atoms with Crippen LogP contribution in [0.2, 0.25) is 0 Å². The quantitative estimate of drug-likeness (QED) is 0.213. The first kappa shape index (κ1) is 38.4. The molecule has 0 aliphatic rings. The summed E-state index contributed by atoms with van der Waals surface area (Å²) >= 11 is 0. The maximum Gasteiger partial charge on any atom is 3.00 e. The molecule has 43 heavy (non-hydrogen) atoms. The summed E-state index contributed by atoms with van der Waals surface area (Å²) in [5, 5.41) is 30.4. The summed E-state index contributed by atoms with van der Waals surface area (Å²) in [5.41, 5.74) is 35.9. The van der Waals surface area contributed by atoms with Gasteiger partial charge in [-0.3, -0.25) is 0 Å². The molecule has 0 saturated heterocycles. The van der Waals surface area contributed by atoms with Crippen molar-refractivity contribution in [1.29, 1.82) is 0 Å². The van der Waals surface area contributed by atoms with Crippen LogP contribution in [0.4, 0.5) is 0 Å². The van der Waals surface area contributed by atoms with Crippen LogP contribution in [0.25, 0.3) is 22.9 Å². The van der Waals surface area contributed by atoms with E-state index >= 15 is 0 Å². The van der Waals surface area contributed by atoms with Gasteiger partial charge in [0, 0.05) is 0 Å². The van der Waals surface area contributed by atoms with Crippen LogP contribution in [-0.4, -0.2) is 27.4 Å². The molecule has 0 heterocycles. The van der Waals surface area contributed by atoms with Crippen LogP contribution in [-0.2, 0) is 26.4 Å². The monoisotopic (exact) mass is 631 g/mol. The Labute approximate surface area is 259 Å². The summed E-state index contributed by atoms with van der Waals surface area (Å²) in [6.07, 6.45) is 0. The van der Waals surface area contributed by atoms with Gasteiger partial charge in [0.05, 0.1) is 11.9 Å². The third kappa shape index (κ3) is 15.2. The summed E-state index contributed by atoms with van der Waals surface area (Å²) in [7, 11) is 0. The molecular formula is C30H30CoN5O7-2. The van der Waals surface area contributed by atoms with Crippen LogP contribution in [0.1, 0.15) is 46.4 Å². The van der Waals surface area contributed by atoms with Crippen LogP contribution < -0.4 is 10.2 Å². The molecule has 0 aliphatic carbocycles. The average Bonchev–Trinajstić information content (AvgIpc) is 3.01. The number of carbonyl (C=O) groups excluding carboxylic acids is 2. The molecule has 0 aromatic heterocycles. The zero-order valence-corrected chi connectivity index (χ0v) is 23.6. The van der Waals surface area contributed by atoms with Gasteiger partial charge in [0.15, 0.2) is 0 Å². The van der Waals surface area contributed by atoms with E-state index in [1.807, 2.05) is 121 Å². The molecule has 0 bridgehead atoms. The molecule has 0 saturated carbocycles. The van der Waals surface area contributed by atoms with Gasteiger partial charge in [-0.1, -0.05) is 144 Å². The van der Waals surface area contributed by atoms with Gasteiger partial charge in [-0.2, -0.15) is 0 Å². The zero-order valence-electron chi connectivity index (χ0n) is 22.6. The molecule has 228 valence electrons. The largest absolute Gasteiger partial charge is 3.00 e. The van der Waals surface area contributed by atoms with Crippen molar-refractivity contribution in [2.45, 2.75) is 24.2 Å². The van der Waals surface area contributed by atoms with E-state index in [2.05, 4.69) is 0 Å². The van der Waals surface area contributed by atoms with E-state index in [1.54, 1.807) is 0 Å². The van der Waals surface area contributed by atoms with Crippen molar-refractivity contribution in [1.82, 2.24) is 0 Å². The molecule has 4 aromatic carbocycles. The van der Waals surface area contributed by atoms with E-state index in [0.29, 0.717) is 0 Å². The standard InChI is InChI=1S/2C14H14N2.C2H2O4.Co.H2NO3/c2*15-13(11-7-3-1-4-8-11)14(16)12-9-5-2-6-10-12;3-1(4)2(5)6;;2-1(3)4/h2*1-10,13-16H;(H,3,4)(H,5,6);;(H2,2,3,4)/q2*-2;;+3;+1/p-2. The maximum absolute atomic E-state index is 8.93. The van der Waals surface area contributed by atoms with Crippen molar-refractivity contribution in [3.05, 3.63) is 171 Å². The van der Waals surface area contributed by atoms with Gasteiger partial charge in [-0.25, -0.2) is 10.4 Å². The van der Waals surface area contributed by atoms with Crippen LogP contribution in [0.5, 0.6) is 0 Å². The second kappa shape index (κ2) is 21.1. The summed E-state index contributed by atoms with van der Waals surface area (Å²) in [5.74, 6) is -4.37. The normalized spacial score (nSPS) is 12.3. The molecule has 0 radical (unpaired) electrons. The van der Waals surface area contributed by atoms with Crippen LogP contribution in [0, 0.1) is 4.91 Å². The smallest absolute Gasteiger partial charge is 0.672 e. The minimum absolute atomic E-state index is 0. The molecule has 0 amide bonds. The Morgan fingerprint density at radius 2 is 0.628 bits per heavy atom. The van der Waals surface area contributed by atoms with Crippen molar-refractivity contribution >= 4 is 11.9 Å². The van der Waals surface area contributed by atoms with Crippen molar-refractivity contribution in [2.75, 3.05) is 0 Å². The van der Waals surface area contributed by atoms with Crippen molar-refractivity contribution < 1.29 is 52.1 Å². The third-order valence-corrected chi connectivity index (χ3v) is 5.47. The fraction of sp³-hybridized carbons (Fsp3) is 0.133. The molecule has 0 spiro atoms. The zero-order chi connectivity index (χ0) is 31.5. The van der Waals surface area contributed by atoms with E-state index in [-0.39, 0.29) is 16.8 Å². The number of hydrogen-bond acceptors (Lipinski definition) is 5. The van der Waals surface area contributed by atoms with Gasteiger partial charge in [-0.15, -0.1) is 24.2 Å². The van der Waals surface area contributed by atoms with Gasteiger partial charge in [0.2, 0.25) is 0 Å². The molecule has 4 rings (SSSR count). The second-order valence-electron chi connectivity index (χ2n) is 8.38. The topological polar surface area (TPSA) is 236 Å². The number of nitrogens with zero attached hydrogens (tertiary/aromatic N) is 1. The van der Waals surface area contributed by atoms with E-state index in [9.17, 15) is 0 Å². The summed E-state index contributed by atoms with van der Waals surface area (Å²) in [6.45, 7) is 0. The molecule has 0 aliphatic heterocycles. The number of hydrogen-bond donors (Lipinski definition) is 2. The molecule has 6 N–H and O–H groups in total. The van der Waals surface area contributed by atoms with Crippen molar-refractivity contribution in [2.24, 2.45) is 0 Å². The van der Waals surface area contributed by atoms with Crippen molar-refractivity contribution in [3.63, 3.8) is 0 Å². The van der Waals surface area contributed by atoms with Gasteiger partial charge in [0.25, 0.3) is 0 Å². The summed E-state index contributed by atoms with van der Waals surface area (Å²) < 4.78 is 0. The minimum atomic E-state index is -2.19. The van der Waals surface area contributed by atoms with Gasteiger partial charge in [0.1, 0.15) is 4.91 Å². The number of aliphatic carboxylic acids is 2. The maximum atomic E-state index is 8.93.